The van der Waals surface area contributed by atoms with Crippen LogP contribution < -0.4 is 20.1 Å². The number of hydrogen-bond acceptors (Lipinski definition) is 4. The van der Waals surface area contributed by atoms with Crippen molar-refractivity contribution < 1.29 is 19.0 Å². The maximum atomic E-state index is 12.5. The number of hydrogen-bond donors (Lipinski definition) is 3. The Morgan fingerprint density at radius 3 is 2.53 bits per heavy atom. The standard InChI is InChI=1S/C23H24N4O3/c28-23-22-21(18-8-4-5-9-19(18)30-22)24-20(25-23)16-27-12-10-26(11-13-27)14-15-29-17-6-2-1-3-7-17/h1-9H,10-16H2,(H,24,25,28)/p+2. The number of aromatic nitrogens is 2. The summed E-state index contributed by atoms with van der Waals surface area (Å²) < 4.78 is 11.5. The molecule has 4 aromatic rings. The SMILES string of the molecule is O=c1[nH]c(C[NH+]2CC[NH+](CCOc3ccccc3)CC2)nc2c1oc1ccccc12. The topological polar surface area (TPSA) is 77.0 Å². The first-order chi connectivity index (χ1) is 14.8. The number of rotatable bonds is 6. The minimum absolute atomic E-state index is 0.201. The third-order valence-electron chi connectivity index (χ3n) is 5.83. The Morgan fingerprint density at radius 2 is 1.70 bits per heavy atom. The van der Waals surface area contributed by atoms with Gasteiger partial charge in [0.25, 0.3) is 5.56 Å². The first-order valence-electron chi connectivity index (χ1n) is 10.5. The van der Waals surface area contributed by atoms with Crippen molar-refractivity contribution in [2.24, 2.45) is 0 Å². The van der Waals surface area contributed by atoms with Crippen molar-refractivity contribution in [3.63, 3.8) is 0 Å². The van der Waals surface area contributed by atoms with Gasteiger partial charge in [-0.05, 0) is 24.3 Å². The van der Waals surface area contributed by atoms with E-state index in [4.69, 9.17) is 14.1 Å². The minimum Gasteiger partial charge on any atom is -0.488 e. The van der Waals surface area contributed by atoms with Gasteiger partial charge in [-0.2, -0.15) is 0 Å². The molecule has 0 aliphatic carbocycles. The number of nitrogens with one attached hydrogen (secondary N) is 3. The Hall–Kier alpha value is -3.16. The molecule has 0 bridgehead atoms. The van der Waals surface area contributed by atoms with Crippen molar-refractivity contribution in [3.8, 4) is 5.75 Å². The predicted molar refractivity (Wildman–Crippen MR) is 114 cm³/mol. The molecule has 5 rings (SSSR count). The number of fused-ring (bicyclic) bond motifs is 3. The van der Waals surface area contributed by atoms with Gasteiger partial charge >= 0.3 is 0 Å². The fourth-order valence-corrected chi connectivity index (χ4v) is 4.18. The maximum Gasteiger partial charge on any atom is 0.294 e. The van der Waals surface area contributed by atoms with Crippen LogP contribution in [0.2, 0.25) is 0 Å². The lowest BCUT2D eigenvalue weighted by atomic mass is 10.2. The van der Waals surface area contributed by atoms with Crippen molar-refractivity contribution >= 4 is 22.1 Å². The van der Waals surface area contributed by atoms with Gasteiger partial charge in [-0.25, -0.2) is 4.98 Å². The van der Waals surface area contributed by atoms with E-state index >= 15 is 0 Å². The molecule has 0 saturated carbocycles. The zero-order valence-electron chi connectivity index (χ0n) is 16.8. The van der Waals surface area contributed by atoms with E-state index in [1.165, 1.54) is 4.90 Å². The fourth-order valence-electron chi connectivity index (χ4n) is 4.18. The Balaban J connectivity index is 1.19. The Bertz CT molecular complexity index is 1190. The number of furan rings is 1. The number of piperazine rings is 1. The molecule has 1 fully saturated rings. The van der Waals surface area contributed by atoms with Crippen LogP contribution in [0.25, 0.3) is 22.1 Å². The van der Waals surface area contributed by atoms with Gasteiger partial charge in [-0.15, -0.1) is 0 Å². The van der Waals surface area contributed by atoms with E-state index in [1.54, 1.807) is 4.90 Å². The average Bonchev–Trinajstić information content (AvgIpc) is 3.15. The molecule has 3 heterocycles. The van der Waals surface area contributed by atoms with Crippen molar-refractivity contribution in [1.82, 2.24) is 9.97 Å². The smallest absolute Gasteiger partial charge is 0.294 e. The number of ether oxygens (including phenoxy) is 1. The van der Waals surface area contributed by atoms with Crippen molar-refractivity contribution in [2.45, 2.75) is 6.54 Å². The summed E-state index contributed by atoms with van der Waals surface area (Å²) in [5.41, 5.74) is 1.46. The van der Waals surface area contributed by atoms with E-state index in [2.05, 4.69) is 4.98 Å². The molecule has 3 N–H and O–H groups in total. The average molecular weight is 406 g/mol. The van der Waals surface area contributed by atoms with Gasteiger partial charge in [0, 0.05) is 5.39 Å². The van der Waals surface area contributed by atoms with E-state index in [0.717, 1.165) is 62.8 Å². The van der Waals surface area contributed by atoms with Crippen LogP contribution in [0.15, 0.2) is 63.8 Å². The Morgan fingerprint density at radius 1 is 0.967 bits per heavy atom. The maximum absolute atomic E-state index is 12.5. The largest absolute Gasteiger partial charge is 0.488 e. The third kappa shape index (κ3) is 3.94. The fraction of sp³-hybridized carbons (Fsp3) is 0.304. The molecule has 2 aromatic heterocycles. The summed E-state index contributed by atoms with van der Waals surface area (Å²) in [4.78, 5) is 23.1. The van der Waals surface area contributed by atoms with Crippen LogP contribution in [0.5, 0.6) is 5.75 Å². The number of quaternary nitrogens is 2. The third-order valence-corrected chi connectivity index (χ3v) is 5.83. The number of para-hydroxylation sites is 2. The van der Waals surface area contributed by atoms with Gasteiger partial charge in [0.15, 0.2) is 5.82 Å². The second-order valence-corrected chi connectivity index (χ2v) is 7.88. The highest BCUT2D eigenvalue weighted by Gasteiger charge is 2.24. The summed E-state index contributed by atoms with van der Waals surface area (Å²) in [7, 11) is 0. The van der Waals surface area contributed by atoms with E-state index in [0.29, 0.717) is 16.7 Å². The molecule has 0 amide bonds. The van der Waals surface area contributed by atoms with Gasteiger partial charge in [-0.3, -0.25) is 4.79 Å². The van der Waals surface area contributed by atoms with Gasteiger partial charge < -0.3 is 23.9 Å². The lowest BCUT2D eigenvalue weighted by molar-refractivity contribution is -1.02. The molecule has 1 saturated heterocycles. The van der Waals surface area contributed by atoms with Crippen LogP contribution in [0, 0.1) is 0 Å². The van der Waals surface area contributed by atoms with Gasteiger partial charge in [0.2, 0.25) is 5.58 Å². The molecule has 1 aliphatic rings. The molecule has 0 radical (unpaired) electrons. The van der Waals surface area contributed by atoms with Crippen LogP contribution in [0.4, 0.5) is 0 Å². The lowest BCUT2D eigenvalue weighted by Gasteiger charge is -2.29. The quantitative estimate of drug-likeness (QED) is 0.422. The van der Waals surface area contributed by atoms with Crippen LogP contribution in [-0.4, -0.2) is 49.3 Å². The molecular formula is C23H26N4O3+2. The highest BCUT2D eigenvalue weighted by Crippen LogP contribution is 2.24. The molecule has 0 unspecified atom stereocenters. The summed E-state index contributed by atoms with van der Waals surface area (Å²) in [6.07, 6.45) is 0. The summed E-state index contributed by atoms with van der Waals surface area (Å²) in [6, 6.07) is 17.6. The lowest BCUT2D eigenvalue weighted by Crippen LogP contribution is -3.27. The van der Waals surface area contributed by atoms with Crippen LogP contribution in [0.1, 0.15) is 5.82 Å². The molecule has 0 atom stereocenters. The highest BCUT2D eigenvalue weighted by molar-refractivity contribution is 6.01. The number of benzene rings is 2. The predicted octanol–water partition coefficient (Wildman–Crippen LogP) is 0.0317. The number of nitrogens with zero attached hydrogens (tertiary/aromatic N) is 1. The van der Waals surface area contributed by atoms with E-state index in [1.807, 2.05) is 54.6 Å². The molecule has 30 heavy (non-hydrogen) atoms. The summed E-state index contributed by atoms with van der Waals surface area (Å²) in [5, 5.41) is 0.891. The second-order valence-electron chi connectivity index (χ2n) is 7.88. The van der Waals surface area contributed by atoms with Gasteiger partial charge in [0.1, 0.15) is 62.7 Å². The zero-order valence-corrected chi connectivity index (χ0v) is 16.8. The number of H-pyrrole nitrogens is 1. The van der Waals surface area contributed by atoms with E-state index in [-0.39, 0.29) is 5.56 Å². The van der Waals surface area contributed by atoms with Crippen LogP contribution in [0.3, 0.4) is 0 Å². The molecular weight excluding hydrogens is 380 g/mol. The first-order valence-corrected chi connectivity index (χ1v) is 10.5. The molecule has 7 nitrogen and oxygen atoms in total. The summed E-state index contributed by atoms with van der Waals surface area (Å²) >= 11 is 0. The molecule has 2 aromatic carbocycles. The first kappa shape index (κ1) is 18.8. The Labute approximate surface area is 173 Å². The second kappa shape index (κ2) is 8.30. The monoisotopic (exact) mass is 406 g/mol. The van der Waals surface area contributed by atoms with Crippen molar-refractivity contribution in [3.05, 3.63) is 70.8 Å². The number of aromatic amines is 1. The zero-order chi connectivity index (χ0) is 20.3. The van der Waals surface area contributed by atoms with Gasteiger partial charge in [-0.1, -0.05) is 30.3 Å². The summed E-state index contributed by atoms with van der Waals surface area (Å²) in [6.45, 7) is 6.74. The molecule has 1 aliphatic heterocycles. The molecule has 7 heteroatoms. The normalized spacial score (nSPS) is 19.3. The molecule has 0 spiro atoms. The minimum atomic E-state index is -0.201. The molecule has 154 valence electrons. The van der Waals surface area contributed by atoms with Crippen LogP contribution in [-0.2, 0) is 6.54 Å². The van der Waals surface area contributed by atoms with Crippen molar-refractivity contribution in [1.29, 1.82) is 0 Å². The van der Waals surface area contributed by atoms with Gasteiger partial charge in [0.05, 0.1) is 0 Å². The highest BCUT2D eigenvalue weighted by atomic mass is 16.5. The van der Waals surface area contributed by atoms with Crippen LogP contribution >= 0.6 is 0 Å². The Kier molecular flexibility index (Phi) is 5.21. The van der Waals surface area contributed by atoms with E-state index < -0.39 is 0 Å². The summed E-state index contributed by atoms with van der Waals surface area (Å²) in [5.74, 6) is 1.66. The van der Waals surface area contributed by atoms with Crippen molar-refractivity contribution in [2.75, 3.05) is 39.3 Å². The van der Waals surface area contributed by atoms with E-state index in [9.17, 15) is 4.79 Å².